The van der Waals surface area contributed by atoms with Crippen LogP contribution in [0.25, 0.3) is 0 Å². The van der Waals surface area contributed by atoms with Crippen molar-refractivity contribution in [2.75, 3.05) is 6.61 Å². The van der Waals surface area contributed by atoms with E-state index in [4.69, 9.17) is 9.47 Å². The SMILES string of the molecule is C[C@@H]1CCC[C@@H](C)N1C(=O)[C@@H](C)OC(=O)COc1ccc(C(=O)c2ccccc2)cc1. The van der Waals surface area contributed by atoms with Crippen LogP contribution in [0.4, 0.5) is 0 Å². The van der Waals surface area contributed by atoms with Gasteiger partial charge in [0.05, 0.1) is 0 Å². The Morgan fingerprint density at radius 3 is 2.13 bits per heavy atom. The van der Waals surface area contributed by atoms with Gasteiger partial charge in [0.1, 0.15) is 5.75 Å². The van der Waals surface area contributed by atoms with Crippen LogP contribution in [0, 0.1) is 0 Å². The second-order valence-electron chi connectivity index (χ2n) is 8.01. The van der Waals surface area contributed by atoms with Crippen molar-refractivity contribution in [1.82, 2.24) is 4.90 Å². The molecule has 0 aliphatic carbocycles. The number of amides is 1. The van der Waals surface area contributed by atoms with E-state index in [0.717, 1.165) is 19.3 Å². The predicted molar refractivity (Wildman–Crippen MR) is 117 cm³/mol. The summed E-state index contributed by atoms with van der Waals surface area (Å²) in [4.78, 5) is 39.1. The zero-order valence-electron chi connectivity index (χ0n) is 18.2. The predicted octanol–water partition coefficient (Wildman–Crippen LogP) is 4.02. The van der Waals surface area contributed by atoms with E-state index in [1.165, 1.54) is 0 Å². The summed E-state index contributed by atoms with van der Waals surface area (Å²) < 4.78 is 10.8. The van der Waals surface area contributed by atoms with Crippen LogP contribution in [0.2, 0.25) is 0 Å². The van der Waals surface area contributed by atoms with Gasteiger partial charge in [-0.15, -0.1) is 0 Å². The zero-order valence-corrected chi connectivity index (χ0v) is 18.2. The number of benzene rings is 2. The van der Waals surface area contributed by atoms with Gasteiger partial charge in [-0.2, -0.15) is 0 Å². The second kappa shape index (κ2) is 10.2. The molecule has 1 saturated heterocycles. The van der Waals surface area contributed by atoms with Gasteiger partial charge in [0, 0.05) is 23.2 Å². The minimum atomic E-state index is -0.857. The Morgan fingerprint density at radius 2 is 1.52 bits per heavy atom. The summed E-state index contributed by atoms with van der Waals surface area (Å²) in [6.45, 7) is 5.34. The average Bonchev–Trinajstić information content (AvgIpc) is 2.78. The molecule has 3 rings (SSSR count). The third-order valence-corrected chi connectivity index (χ3v) is 5.61. The maximum atomic E-state index is 12.7. The molecule has 0 spiro atoms. The van der Waals surface area contributed by atoms with Gasteiger partial charge in [-0.05, 0) is 64.3 Å². The molecule has 1 fully saturated rings. The minimum Gasteiger partial charge on any atom is -0.482 e. The lowest BCUT2D eigenvalue weighted by Crippen LogP contribution is -2.51. The van der Waals surface area contributed by atoms with Gasteiger partial charge in [-0.25, -0.2) is 4.79 Å². The lowest BCUT2D eigenvalue weighted by molar-refractivity contribution is -0.163. The molecule has 6 nitrogen and oxygen atoms in total. The van der Waals surface area contributed by atoms with Crippen molar-refractivity contribution in [1.29, 1.82) is 0 Å². The van der Waals surface area contributed by atoms with Crippen LogP contribution >= 0.6 is 0 Å². The molecule has 31 heavy (non-hydrogen) atoms. The van der Waals surface area contributed by atoms with Crippen molar-refractivity contribution in [2.24, 2.45) is 0 Å². The van der Waals surface area contributed by atoms with Crippen molar-refractivity contribution in [3.63, 3.8) is 0 Å². The molecule has 1 amide bonds. The van der Waals surface area contributed by atoms with Gasteiger partial charge in [0.2, 0.25) is 0 Å². The monoisotopic (exact) mass is 423 g/mol. The molecule has 2 aromatic carbocycles. The number of carbonyl (C=O) groups is 3. The molecule has 0 saturated carbocycles. The van der Waals surface area contributed by atoms with Crippen molar-refractivity contribution in [3.05, 3.63) is 65.7 Å². The zero-order chi connectivity index (χ0) is 22.4. The first-order chi connectivity index (χ1) is 14.9. The van der Waals surface area contributed by atoms with Crippen molar-refractivity contribution in [3.8, 4) is 5.75 Å². The topological polar surface area (TPSA) is 72.9 Å². The Morgan fingerprint density at radius 1 is 0.935 bits per heavy atom. The fourth-order valence-electron chi connectivity index (χ4n) is 3.95. The lowest BCUT2D eigenvalue weighted by atomic mass is 9.97. The number of esters is 1. The second-order valence-corrected chi connectivity index (χ2v) is 8.01. The molecule has 3 atom stereocenters. The molecule has 0 bridgehead atoms. The molecule has 1 aliphatic heterocycles. The number of nitrogens with zero attached hydrogens (tertiary/aromatic N) is 1. The number of rotatable bonds is 7. The van der Waals surface area contributed by atoms with Gasteiger partial charge >= 0.3 is 5.97 Å². The van der Waals surface area contributed by atoms with Crippen molar-refractivity contribution >= 4 is 17.7 Å². The highest BCUT2D eigenvalue weighted by Crippen LogP contribution is 2.24. The smallest absolute Gasteiger partial charge is 0.344 e. The number of ether oxygens (including phenoxy) is 2. The molecule has 1 heterocycles. The highest BCUT2D eigenvalue weighted by atomic mass is 16.6. The van der Waals surface area contributed by atoms with Crippen LogP contribution in [0.5, 0.6) is 5.75 Å². The summed E-state index contributed by atoms with van der Waals surface area (Å²) in [5.74, 6) is -0.418. The highest BCUT2D eigenvalue weighted by molar-refractivity contribution is 6.09. The van der Waals surface area contributed by atoms with E-state index in [0.29, 0.717) is 16.9 Å². The first-order valence-electron chi connectivity index (χ1n) is 10.7. The number of piperidine rings is 1. The van der Waals surface area contributed by atoms with E-state index < -0.39 is 12.1 Å². The number of hydrogen-bond donors (Lipinski definition) is 0. The minimum absolute atomic E-state index is 0.0833. The Kier molecular flexibility index (Phi) is 7.45. The molecule has 0 aromatic heterocycles. The molecule has 0 radical (unpaired) electrons. The van der Waals surface area contributed by atoms with E-state index in [2.05, 4.69) is 0 Å². The molecule has 6 heteroatoms. The van der Waals surface area contributed by atoms with Gasteiger partial charge in [-0.1, -0.05) is 30.3 Å². The van der Waals surface area contributed by atoms with Gasteiger partial charge in [-0.3, -0.25) is 9.59 Å². The Balaban J connectivity index is 1.50. The van der Waals surface area contributed by atoms with Crippen molar-refractivity contribution < 1.29 is 23.9 Å². The number of carbonyl (C=O) groups excluding carboxylic acids is 3. The summed E-state index contributed by atoms with van der Waals surface area (Å²) in [5, 5.41) is 0. The average molecular weight is 424 g/mol. The third-order valence-electron chi connectivity index (χ3n) is 5.61. The summed E-state index contributed by atoms with van der Waals surface area (Å²) in [7, 11) is 0. The van der Waals surface area contributed by atoms with E-state index >= 15 is 0 Å². The summed E-state index contributed by atoms with van der Waals surface area (Å²) >= 11 is 0. The molecular formula is C25H29NO5. The number of hydrogen-bond acceptors (Lipinski definition) is 5. The fraction of sp³-hybridized carbons (Fsp3) is 0.400. The molecule has 0 N–H and O–H groups in total. The molecule has 164 valence electrons. The van der Waals surface area contributed by atoms with Crippen LogP contribution in [0.1, 0.15) is 56.0 Å². The Bertz CT molecular complexity index is 899. The van der Waals surface area contributed by atoms with Gasteiger partial charge in [0.15, 0.2) is 18.5 Å². The Hall–Kier alpha value is -3.15. The maximum absolute atomic E-state index is 12.7. The molecule has 0 unspecified atom stereocenters. The first kappa shape index (κ1) is 22.5. The van der Waals surface area contributed by atoms with E-state index in [1.807, 2.05) is 36.9 Å². The van der Waals surface area contributed by atoms with E-state index in [9.17, 15) is 14.4 Å². The summed E-state index contributed by atoms with van der Waals surface area (Å²) in [5.41, 5.74) is 1.14. The van der Waals surface area contributed by atoms with E-state index in [-0.39, 0.29) is 30.4 Å². The van der Waals surface area contributed by atoms with Crippen LogP contribution in [0.3, 0.4) is 0 Å². The quantitative estimate of drug-likeness (QED) is 0.497. The van der Waals surface area contributed by atoms with Crippen LogP contribution < -0.4 is 4.74 Å². The van der Waals surface area contributed by atoms with Gasteiger partial charge in [0.25, 0.3) is 5.91 Å². The molecular weight excluding hydrogens is 394 g/mol. The first-order valence-corrected chi connectivity index (χ1v) is 10.7. The summed E-state index contributed by atoms with van der Waals surface area (Å²) in [6.07, 6.45) is 2.17. The normalized spacial score (nSPS) is 19.4. The van der Waals surface area contributed by atoms with Crippen LogP contribution in [-0.4, -0.2) is 47.4 Å². The molecule has 1 aliphatic rings. The third kappa shape index (κ3) is 5.72. The van der Waals surface area contributed by atoms with Crippen molar-refractivity contribution in [2.45, 2.75) is 58.2 Å². The Labute approximate surface area is 183 Å². The number of likely N-dealkylation sites (tertiary alicyclic amines) is 1. The van der Waals surface area contributed by atoms with E-state index in [1.54, 1.807) is 43.3 Å². The molecule has 2 aromatic rings. The number of ketones is 1. The lowest BCUT2D eigenvalue weighted by Gasteiger charge is -2.40. The van der Waals surface area contributed by atoms with Crippen LogP contribution in [0.15, 0.2) is 54.6 Å². The maximum Gasteiger partial charge on any atom is 0.344 e. The standard InChI is InChI=1S/C25H29NO5/c1-17-8-7-9-18(2)26(17)25(29)19(3)31-23(27)16-30-22-14-12-21(13-15-22)24(28)20-10-5-4-6-11-20/h4-6,10-15,17-19H,7-9,16H2,1-3H3/t17-,18-,19-/m1/s1. The largest absolute Gasteiger partial charge is 0.482 e. The summed E-state index contributed by atoms with van der Waals surface area (Å²) in [6, 6.07) is 15.9. The fourth-order valence-corrected chi connectivity index (χ4v) is 3.95. The highest BCUT2D eigenvalue weighted by Gasteiger charge is 2.33. The van der Waals surface area contributed by atoms with Gasteiger partial charge < -0.3 is 14.4 Å². The van der Waals surface area contributed by atoms with Crippen LogP contribution in [-0.2, 0) is 14.3 Å².